The van der Waals surface area contributed by atoms with Gasteiger partial charge in [0, 0.05) is 17.3 Å². The average Bonchev–Trinajstić information content (AvgIpc) is 2.13. The Kier molecular flexibility index (Phi) is 2.62. The van der Waals surface area contributed by atoms with Crippen molar-refractivity contribution in [3.05, 3.63) is 28.5 Å². The van der Waals surface area contributed by atoms with Gasteiger partial charge in [-0.2, -0.15) is 13.2 Å². The van der Waals surface area contributed by atoms with E-state index in [9.17, 15) is 13.2 Å². The SMILES string of the molecule is NC1(c2cc(C(F)(F)F)cnc2Cl)CCC1. The quantitative estimate of drug-likeness (QED) is 0.778. The molecule has 1 heterocycles. The maximum atomic E-state index is 12.5. The molecule has 0 unspecified atom stereocenters. The van der Waals surface area contributed by atoms with E-state index in [1.165, 1.54) is 0 Å². The van der Waals surface area contributed by atoms with Gasteiger partial charge < -0.3 is 5.73 Å². The third-order valence-corrected chi connectivity index (χ3v) is 3.25. The van der Waals surface area contributed by atoms with Crippen LogP contribution in [0.5, 0.6) is 0 Å². The van der Waals surface area contributed by atoms with Gasteiger partial charge in [-0.25, -0.2) is 4.98 Å². The maximum absolute atomic E-state index is 12.5. The standard InChI is InChI=1S/C10H10ClF3N2/c11-8-7(9(15)2-1-3-9)4-6(5-16-8)10(12,13)14/h4-5H,1-3,15H2. The molecule has 0 aliphatic heterocycles. The fourth-order valence-corrected chi connectivity index (χ4v) is 2.07. The lowest BCUT2D eigenvalue weighted by molar-refractivity contribution is -0.137. The summed E-state index contributed by atoms with van der Waals surface area (Å²) in [4.78, 5) is 3.56. The molecular formula is C10H10ClF3N2. The number of alkyl halides is 3. The molecule has 2 nitrogen and oxygen atoms in total. The number of pyridine rings is 1. The summed E-state index contributed by atoms with van der Waals surface area (Å²) in [5.41, 5.74) is 4.71. The van der Waals surface area contributed by atoms with Crippen LogP contribution in [0.3, 0.4) is 0 Å². The largest absolute Gasteiger partial charge is 0.417 e. The van der Waals surface area contributed by atoms with Gasteiger partial charge in [-0.05, 0) is 25.3 Å². The van der Waals surface area contributed by atoms with Gasteiger partial charge in [0.2, 0.25) is 0 Å². The van der Waals surface area contributed by atoms with Crippen molar-refractivity contribution in [2.45, 2.75) is 31.0 Å². The van der Waals surface area contributed by atoms with Crippen molar-refractivity contribution in [1.29, 1.82) is 0 Å². The van der Waals surface area contributed by atoms with Crippen LogP contribution in [0, 0.1) is 0 Å². The lowest BCUT2D eigenvalue weighted by Gasteiger charge is -2.39. The van der Waals surface area contributed by atoms with E-state index >= 15 is 0 Å². The summed E-state index contributed by atoms with van der Waals surface area (Å²) < 4.78 is 37.5. The summed E-state index contributed by atoms with van der Waals surface area (Å²) in [7, 11) is 0. The van der Waals surface area contributed by atoms with Crippen molar-refractivity contribution < 1.29 is 13.2 Å². The summed E-state index contributed by atoms with van der Waals surface area (Å²) in [6.45, 7) is 0. The minimum absolute atomic E-state index is 0.0650. The molecule has 2 rings (SSSR count). The van der Waals surface area contributed by atoms with Crippen LogP contribution in [0.2, 0.25) is 5.15 Å². The number of nitrogens with zero attached hydrogens (tertiary/aromatic N) is 1. The lowest BCUT2D eigenvalue weighted by atomic mass is 9.73. The van der Waals surface area contributed by atoms with Crippen LogP contribution >= 0.6 is 11.6 Å². The predicted molar refractivity (Wildman–Crippen MR) is 54.0 cm³/mol. The molecule has 0 amide bonds. The molecular weight excluding hydrogens is 241 g/mol. The van der Waals surface area contributed by atoms with Gasteiger partial charge in [0.1, 0.15) is 5.15 Å². The van der Waals surface area contributed by atoms with Gasteiger partial charge >= 0.3 is 6.18 Å². The summed E-state index contributed by atoms with van der Waals surface area (Å²) >= 11 is 5.79. The number of hydrogen-bond acceptors (Lipinski definition) is 2. The molecule has 1 aromatic heterocycles. The van der Waals surface area contributed by atoms with Crippen molar-refractivity contribution in [3.63, 3.8) is 0 Å². The smallest absolute Gasteiger partial charge is 0.321 e. The van der Waals surface area contributed by atoms with Crippen LogP contribution in [0.4, 0.5) is 13.2 Å². The summed E-state index contributed by atoms with van der Waals surface area (Å²) in [5.74, 6) is 0. The van der Waals surface area contributed by atoms with Crippen LogP contribution in [-0.4, -0.2) is 4.98 Å². The maximum Gasteiger partial charge on any atom is 0.417 e. The third kappa shape index (κ3) is 1.89. The number of aromatic nitrogens is 1. The molecule has 0 radical (unpaired) electrons. The van der Waals surface area contributed by atoms with E-state index in [4.69, 9.17) is 17.3 Å². The van der Waals surface area contributed by atoms with Gasteiger partial charge in [0.05, 0.1) is 5.56 Å². The van der Waals surface area contributed by atoms with E-state index in [2.05, 4.69) is 4.98 Å². The Morgan fingerprint density at radius 1 is 1.38 bits per heavy atom. The Morgan fingerprint density at radius 2 is 2.00 bits per heavy atom. The molecule has 0 aromatic carbocycles. The first-order chi connectivity index (χ1) is 7.33. The van der Waals surface area contributed by atoms with E-state index in [1.807, 2.05) is 0 Å². The summed E-state index contributed by atoms with van der Waals surface area (Å²) in [6.07, 6.45) is -1.48. The minimum atomic E-state index is -4.41. The first-order valence-corrected chi connectivity index (χ1v) is 5.23. The van der Waals surface area contributed by atoms with E-state index < -0.39 is 17.3 Å². The van der Waals surface area contributed by atoms with Crippen molar-refractivity contribution in [2.24, 2.45) is 5.73 Å². The third-order valence-electron chi connectivity index (χ3n) is 2.95. The van der Waals surface area contributed by atoms with Gasteiger partial charge in [-0.15, -0.1) is 0 Å². The molecule has 1 aliphatic carbocycles. The Balaban J connectivity index is 2.45. The Labute approximate surface area is 95.6 Å². The molecule has 1 aliphatic rings. The molecule has 1 saturated carbocycles. The molecule has 88 valence electrons. The van der Waals surface area contributed by atoms with Crippen molar-refractivity contribution in [2.75, 3.05) is 0 Å². The highest BCUT2D eigenvalue weighted by Gasteiger charge is 2.39. The molecule has 6 heteroatoms. The second-order valence-corrected chi connectivity index (χ2v) is 4.43. The second kappa shape index (κ2) is 3.60. The zero-order chi connectivity index (χ0) is 12.0. The monoisotopic (exact) mass is 250 g/mol. The molecule has 16 heavy (non-hydrogen) atoms. The van der Waals surface area contributed by atoms with Crippen LogP contribution in [0.25, 0.3) is 0 Å². The van der Waals surface area contributed by atoms with Gasteiger partial charge in [-0.3, -0.25) is 0 Å². The van der Waals surface area contributed by atoms with E-state index in [-0.39, 0.29) is 5.15 Å². The number of hydrogen-bond donors (Lipinski definition) is 1. The fraction of sp³-hybridized carbons (Fsp3) is 0.500. The highest BCUT2D eigenvalue weighted by molar-refractivity contribution is 6.30. The molecule has 0 atom stereocenters. The van der Waals surface area contributed by atoms with Crippen LogP contribution < -0.4 is 5.73 Å². The van der Waals surface area contributed by atoms with E-state index in [1.54, 1.807) is 0 Å². The molecule has 2 N–H and O–H groups in total. The van der Waals surface area contributed by atoms with Crippen molar-refractivity contribution >= 4 is 11.6 Å². The van der Waals surface area contributed by atoms with Gasteiger partial charge in [-0.1, -0.05) is 11.6 Å². The normalized spacial score (nSPS) is 19.3. The lowest BCUT2D eigenvalue weighted by Crippen LogP contribution is -2.43. The first-order valence-electron chi connectivity index (χ1n) is 4.85. The average molecular weight is 251 g/mol. The Bertz CT molecular complexity index is 413. The zero-order valence-electron chi connectivity index (χ0n) is 8.31. The molecule has 1 aromatic rings. The predicted octanol–water partition coefficient (Wildman–Crippen LogP) is 3.09. The highest BCUT2D eigenvalue weighted by Crippen LogP contribution is 2.42. The van der Waals surface area contributed by atoms with Gasteiger partial charge in [0.25, 0.3) is 0 Å². The summed E-state index contributed by atoms with van der Waals surface area (Å²) in [6, 6.07) is 1.01. The van der Waals surface area contributed by atoms with Crippen molar-refractivity contribution in [1.82, 2.24) is 4.98 Å². The number of halogens is 4. The molecule has 1 fully saturated rings. The number of nitrogens with two attached hydrogens (primary N) is 1. The summed E-state index contributed by atoms with van der Waals surface area (Å²) in [5, 5.41) is 0.0650. The highest BCUT2D eigenvalue weighted by atomic mass is 35.5. The number of rotatable bonds is 1. The van der Waals surface area contributed by atoms with Crippen LogP contribution in [0.15, 0.2) is 12.3 Å². The van der Waals surface area contributed by atoms with Crippen LogP contribution in [0.1, 0.15) is 30.4 Å². The van der Waals surface area contributed by atoms with Crippen molar-refractivity contribution in [3.8, 4) is 0 Å². The second-order valence-electron chi connectivity index (χ2n) is 4.07. The Hall–Kier alpha value is -0.810. The molecule has 0 spiro atoms. The molecule has 0 bridgehead atoms. The van der Waals surface area contributed by atoms with Gasteiger partial charge in [0.15, 0.2) is 0 Å². The van der Waals surface area contributed by atoms with Crippen LogP contribution in [-0.2, 0) is 11.7 Å². The first kappa shape index (κ1) is 11.7. The fourth-order valence-electron chi connectivity index (χ4n) is 1.78. The minimum Gasteiger partial charge on any atom is -0.321 e. The topological polar surface area (TPSA) is 38.9 Å². The van der Waals surface area contributed by atoms with E-state index in [0.717, 1.165) is 18.7 Å². The Morgan fingerprint density at radius 3 is 2.44 bits per heavy atom. The molecule has 0 saturated heterocycles. The van der Waals surface area contributed by atoms with E-state index in [0.29, 0.717) is 18.4 Å². The zero-order valence-corrected chi connectivity index (χ0v) is 9.07.